The van der Waals surface area contributed by atoms with Crippen LogP contribution in [0.4, 0.5) is 4.39 Å². The van der Waals surface area contributed by atoms with Crippen LogP contribution in [0, 0.1) is 0 Å². The molecule has 1 fully saturated rings. The molecule has 0 aliphatic carbocycles. The van der Waals surface area contributed by atoms with Crippen molar-refractivity contribution in [3.63, 3.8) is 0 Å². The number of nitrogens with one attached hydrogen (secondary N) is 1. The number of pyridine rings is 1. The van der Waals surface area contributed by atoms with Crippen molar-refractivity contribution >= 4 is 11.8 Å². The zero-order valence-corrected chi connectivity index (χ0v) is 20.2. The first-order valence-electron chi connectivity index (χ1n) is 12.2. The number of nitrogens with zero attached hydrogens (tertiary/aromatic N) is 2. The molecule has 0 spiro atoms. The second-order valence-electron chi connectivity index (χ2n) is 9.39. The molecule has 5 nitrogen and oxygen atoms in total. The smallest absolute Gasteiger partial charge is 0.243 e. The molecule has 3 aromatic rings. The van der Waals surface area contributed by atoms with Crippen LogP contribution in [0.2, 0.25) is 0 Å². The van der Waals surface area contributed by atoms with E-state index < -0.39 is 18.3 Å². The minimum Gasteiger partial charge on any atom is -0.343 e. The van der Waals surface area contributed by atoms with Crippen LogP contribution in [0.1, 0.15) is 61.0 Å². The number of benzene rings is 2. The number of aromatic nitrogens is 1. The Morgan fingerprint density at radius 1 is 0.971 bits per heavy atom. The summed E-state index contributed by atoms with van der Waals surface area (Å²) in [5.41, 5.74) is 3.89. The average Bonchev–Trinajstić information content (AvgIpc) is 3.29. The second kappa shape index (κ2) is 11.3. The maximum atomic E-state index is 14.4. The van der Waals surface area contributed by atoms with Crippen LogP contribution >= 0.6 is 0 Å². The molecular weight excluding hydrogens is 441 g/mol. The Balaban J connectivity index is 1.51. The molecule has 1 saturated heterocycles. The number of hydrogen-bond acceptors (Lipinski definition) is 3. The molecule has 0 saturated carbocycles. The van der Waals surface area contributed by atoms with Gasteiger partial charge >= 0.3 is 0 Å². The molecular formula is C29H32FN3O2. The first kappa shape index (κ1) is 24.6. The topological polar surface area (TPSA) is 62.3 Å². The van der Waals surface area contributed by atoms with E-state index >= 15 is 0 Å². The Morgan fingerprint density at radius 3 is 2.29 bits per heavy atom. The molecule has 1 aliphatic rings. The fourth-order valence-electron chi connectivity index (χ4n) is 4.55. The molecule has 1 N–H and O–H groups in total. The average molecular weight is 474 g/mol. The third kappa shape index (κ3) is 6.13. The van der Waals surface area contributed by atoms with Gasteiger partial charge in [-0.05, 0) is 41.2 Å². The number of likely N-dealkylation sites (tertiary alicyclic amines) is 1. The molecule has 2 aromatic carbocycles. The van der Waals surface area contributed by atoms with Crippen LogP contribution in [-0.4, -0.2) is 40.5 Å². The van der Waals surface area contributed by atoms with Crippen molar-refractivity contribution in [3.05, 3.63) is 101 Å². The summed E-state index contributed by atoms with van der Waals surface area (Å²) >= 11 is 0. The largest absolute Gasteiger partial charge is 0.343 e. The number of halogens is 1. The van der Waals surface area contributed by atoms with E-state index in [-0.39, 0.29) is 31.2 Å². The molecule has 6 heteroatoms. The van der Waals surface area contributed by atoms with Gasteiger partial charge in [-0.25, -0.2) is 4.39 Å². The first-order chi connectivity index (χ1) is 16.9. The van der Waals surface area contributed by atoms with Gasteiger partial charge in [-0.1, -0.05) is 74.5 Å². The van der Waals surface area contributed by atoms with Crippen molar-refractivity contribution in [3.8, 4) is 0 Å². The highest BCUT2D eigenvalue weighted by Gasteiger charge is 2.40. The lowest BCUT2D eigenvalue weighted by molar-refractivity contribution is -0.138. The number of rotatable bonds is 8. The Kier molecular flexibility index (Phi) is 7.91. The fraction of sp³-hybridized carbons (Fsp3) is 0.345. The van der Waals surface area contributed by atoms with Gasteiger partial charge in [0.05, 0.1) is 12.6 Å². The van der Waals surface area contributed by atoms with Crippen molar-refractivity contribution < 1.29 is 14.0 Å². The minimum atomic E-state index is -1.22. The molecule has 3 unspecified atom stereocenters. The van der Waals surface area contributed by atoms with Gasteiger partial charge in [0.2, 0.25) is 11.8 Å². The summed E-state index contributed by atoms with van der Waals surface area (Å²) in [5, 5.41) is 3.11. The number of carbonyl (C=O) groups excluding carboxylic acids is 2. The van der Waals surface area contributed by atoms with Gasteiger partial charge < -0.3 is 10.2 Å². The van der Waals surface area contributed by atoms with E-state index in [2.05, 4.69) is 36.3 Å². The van der Waals surface area contributed by atoms with Crippen LogP contribution in [0.15, 0.2) is 79.0 Å². The summed E-state index contributed by atoms with van der Waals surface area (Å²) in [4.78, 5) is 32.0. The molecule has 2 heterocycles. The maximum absolute atomic E-state index is 14.4. The van der Waals surface area contributed by atoms with E-state index in [1.165, 1.54) is 10.5 Å². The zero-order chi connectivity index (χ0) is 24.8. The van der Waals surface area contributed by atoms with Crippen LogP contribution in [-0.2, 0) is 16.0 Å². The quantitative estimate of drug-likeness (QED) is 0.502. The molecule has 0 radical (unpaired) electrons. The number of amides is 2. The predicted molar refractivity (Wildman–Crippen MR) is 135 cm³/mol. The monoisotopic (exact) mass is 473 g/mol. The van der Waals surface area contributed by atoms with Crippen molar-refractivity contribution in [2.45, 2.75) is 57.3 Å². The van der Waals surface area contributed by atoms with Crippen LogP contribution in [0.3, 0.4) is 0 Å². The number of hydrogen-bond donors (Lipinski definition) is 1. The first-order valence-corrected chi connectivity index (χ1v) is 12.2. The lowest BCUT2D eigenvalue weighted by atomic mass is 9.95. The van der Waals surface area contributed by atoms with E-state index in [0.717, 1.165) is 16.8 Å². The van der Waals surface area contributed by atoms with E-state index in [0.29, 0.717) is 12.3 Å². The summed E-state index contributed by atoms with van der Waals surface area (Å²) in [6, 6.07) is 22.2. The molecule has 35 heavy (non-hydrogen) atoms. The van der Waals surface area contributed by atoms with Gasteiger partial charge in [-0.2, -0.15) is 0 Å². The van der Waals surface area contributed by atoms with Crippen molar-refractivity contribution in [1.29, 1.82) is 0 Å². The molecule has 1 aromatic heterocycles. The maximum Gasteiger partial charge on any atom is 0.243 e. The van der Waals surface area contributed by atoms with Crippen molar-refractivity contribution in [2.75, 3.05) is 6.54 Å². The van der Waals surface area contributed by atoms with Gasteiger partial charge in [-0.15, -0.1) is 0 Å². The minimum absolute atomic E-state index is 0.00889. The molecule has 3 atom stereocenters. The summed E-state index contributed by atoms with van der Waals surface area (Å²) in [6.45, 7) is 4.22. The standard InChI is InChI=1S/C29H32FN3O2/c1-20(2)21-11-13-23(14-12-21)28(22-8-4-3-5-9-22)32-29(35)26-18-24(30)19-33(26)27(34)16-15-25-10-6-7-17-31-25/h3-14,17,20,24,26,28H,15-16,18-19H2,1-2H3,(H,32,35). The van der Waals surface area contributed by atoms with Crippen LogP contribution in [0.25, 0.3) is 0 Å². The van der Waals surface area contributed by atoms with E-state index in [9.17, 15) is 14.0 Å². The molecule has 182 valence electrons. The third-order valence-corrected chi connectivity index (χ3v) is 6.55. The van der Waals surface area contributed by atoms with Gasteiger partial charge in [0.15, 0.2) is 0 Å². The lowest BCUT2D eigenvalue weighted by Gasteiger charge is -2.27. The summed E-state index contributed by atoms with van der Waals surface area (Å²) in [5.74, 6) is -0.161. The summed E-state index contributed by atoms with van der Waals surface area (Å²) in [7, 11) is 0. The molecule has 0 bridgehead atoms. The van der Waals surface area contributed by atoms with Crippen LogP contribution in [0.5, 0.6) is 0 Å². The van der Waals surface area contributed by atoms with Crippen molar-refractivity contribution in [1.82, 2.24) is 15.2 Å². The second-order valence-corrected chi connectivity index (χ2v) is 9.39. The number of alkyl halides is 1. The summed E-state index contributed by atoms with van der Waals surface area (Å²) < 4.78 is 14.4. The fourth-order valence-corrected chi connectivity index (χ4v) is 4.55. The van der Waals surface area contributed by atoms with Crippen LogP contribution < -0.4 is 5.32 Å². The highest BCUT2D eigenvalue weighted by Crippen LogP contribution is 2.27. The predicted octanol–water partition coefficient (Wildman–Crippen LogP) is 4.98. The SMILES string of the molecule is CC(C)c1ccc(C(NC(=O)C2CC(F)CN2C(=O)CCc2ccccn2)c2ccccc2)cc1. The molecule has 4 rings (SSSR count). The van der Waals surface area contributed by atoms with Gasteiger partial charge in [0.1, 0.15) is 12.2 Å². The Morgan fingerprint density at radius 2 is 1.63 bits per heavy atom. The number of aryl methyl sites for hydroxylation is 1. The highest BCUT2D eigenvalue weighted by molar-refractivity contribution is 5.89. The van der Waals surface area contributed by atoms with Gasteiger partial charge in [0, 0.05) is 24.7 Å². The van der Waals surface area contributed by atoms with E-state index in [4.69, 9.17) is 0 Å². The lowest BCUT2D eigenvalue weighted by Crippen LogP contribution is -2.47. The van der Waals surface area contributed by atoms with Gasteiger partial charge in [-0.3, -0.25) is 14.6 Å². The zero-order valence-electron chi connectivity index (χ0n) is 20.2. The number of carbonyl (C=O) groups is 2. The van der Waals surface area contributed by atoms with Gasteiger partial charge in [0.25, 0.3) is 0 Å². The summed E-state index contributed by atoms with van der Waals surface area (Å²) in [6.07, 6.45) is 1.11. The van der Waals surface area contributed by atoms with E-state index in [1.54, 1.807) is 6.20 Å². The third-order valence-electron chi connectivity index (χ3n) is 6.55. The Bertz CT molecular complexity index is 1120. The van der Waals surface area contributed by atoms with E-state index in [1.807, 2.05) is 60.7 Å². The normalized spacial score (nSPS) is 18.5. The molecule has 2 amide bonds. The Hall–Kier alpha value is -3.54. The molecule has 1 aliphatic heterocycles. The highest BCUT2D eigenvalue weighted by atomic mass is 19.1. The van der Waals surface area contributed by atoms with Crippen molar-refractivity contribution in [2.24, 2.45) is 0 Å². The Labute approximate surface area is 206 Å².